The van der Waals surface area contributed by atoms with Crippen molar-refractivity contribution in [2.45, 2.75) is 25.4 Å². The fraction of sp³-hybridized carbons (Fsp3) is 0.320. The van der Waals surface area contributed by atoms with Crippen LogP contribution >= 0.6 is 11.8 Å². The SMILES string of the molecule is O=C(c1cnc(N2CCSCC2)nc1-c1ccccc1F)N(Cc1ccccc1)C1CC1. The van der Waals surface area contributed by atoms with E-state index in [0.29, 0.717) is 29.3 Å². The van der Waals surface area contributed by atoms with E-state index in [1.165, 1.54) is 6.07 Å². The molecule has 2 aliphatic rings. The quantitative estimate of drug-likeness (QED) is 0.550. The van der Waals surface area contributed by atoms with Crippen LogP contribution in [0.15, 0.2) is 60.8 Å². The summed E-state index contributed by atoms with van der Waals surface area (Å²) in [4.78, 5) is 27.0. The average molecular weight is 449 g/mol. The lowest BCUT2D eigenvalue weighted by Gasteiger charge is -2.28. The van der Waals surface area contributed by atoms with E-state index in [0.717, 1.165) is 43.0 Å². The van der Waals surface area contributed by atoms with Crippen molar-refractivity contribution in [2.24, 2.45) is 0 Å². The van der Waals surface area contributed by atoms with Crippen LogP contribution < -0.4 is 4.90 Å². The van der Waals surface area contributed by atoms with E-state index in [4.69, 9.17) is 4.98 Å². The second-order valence-electron chi connectivity index (χ2n) is 8.16. The molecule has 0 radical (unpaired) electrons. The summed E-state index contributed by atoms with van der Waals surface area (Å²) < 4.78 is 14.8. The van der Waals surface area contributed by atoms with Gasteiger partial charge in [-0.25, -0.2) is 14.4 Å². The van der Waals surface area contributed by atoms with Gasteiger partial charge in [0.2, 0.25) is 5.95 Å². The van der Waals surface area contributed by atoms with E-state index < -0.39 is 0 Å². The van der Waals surface area contributed by atoms with Crippen molar-refractivity contribution in [3.05, 3.63) is 77.7 Å². The predicted octanol–water partition coefficient (Wildman–Crippen LogP) is 4.64. The first kappa shape index (κ1) is 20.9. The topological polar surface area (TPSA) is 49.3 Å². The molecule has 1 saturated carbocycles. The highest BCUT2D eigenvalue weighted by atomic mass is 32.2. The second-order valence-corrected chi connectivity index (χ2v) is 9.39. The number of hydrogen-bond acceptors (Lipinski definition) is 5. The minimum absolute atomic E-state index is 0.143. The average Bonchev–Trinajstić information content (AvgIpc) is 3.69. The molecule has 0 atom stereocenters. The molecule has 32 heavy (non-hydrogen) atoms. The Morgan fingerprint density at radius 1 is 1.06 bits per heavy atom. The van der Waals surface area contributed by atoms with E-state index in [-0.39, 0.29) is 17.8 Å². The molecule has 1 amide bonds. The molecule has 2 heterocycles. The number of carbonyl (C=O) groups is 1. The van der Waals surface area contributed by atoms with Crippen LogP contribution in [0.25, 0.3) is 11.3 Å². The third-order valence-electron chi connectivity index (χ3n) is 5.87. The molecule has 1 aliphatic carbocycles. The van der Waals surface area contributed by atoms with Gasteiger partial charge in [-0.1, -0.05) is 42.5 Å². The molecule has 0 N–H and O–H groups in total. The molecule has 1 aliphatic heterocycles. The van der Waals surface area contributed by atoms with Gasteiger partial charge in [-0.15, -0.1) is 0 Å². The molecule has 1 saturated heterocycles. The Morgan fingerprint density at radius 3 is 2.50 bits per heavy atom. The van der Waals surface area contributed by atoms with Crippen LogP contribution in [-0.2, 0) is 6.54 Å². The van der Waals surface area contributed by atoms with Crippen LogP contribution in [0.2, 0.25) is 0 Å². The number of benzene rings is 2. The number of halogens is 1. The lowest BCUT2D eigenvalue weighted by molar-refractivity contribution is 0.0730. The Kier molecular flexibility index (Phi) is 6.08. The van der Waals surface area contributed by atoms with Gasteiger partial charge < -0.3 is 9.80 Å². The minimum Gasteiger partial charge on any atom is -0.339 e. The van der Waals surface area contributed by atoms with Crippen LogP contribution in [0.3, 0.4) is 0 Å². The molecule has 0 bridgehead atoms. The number of nitrogens with zero attached hydrogens (tertiary/aromatic N) is 4. The molecule has 164 valence electrons. The zero-order valence-corrected chi connectivity index (χ0v) is 18.6. The maximum atomic E-state index is 14.8. The molecular weight excluding hydrogens is 423 g/mol. The molecule has 2 fully saturated rings. The molecular formula is C25H25FN4OS. The Labute approximate surface area is 191 Å². The molecule has 0 spiro atoms. The molecule has 7 heteroatoms. The third-order valence-corrected chi connectivity index (χ3v) is 6.82. The summed E-state index contributed by atoms with van der Waals surface area (Å²) in [7, 11) is 0. The van der Waals surface area contributed by atoms with Gasteiger partial charge >= 0.3 is 0 Å². The summed E-state index contributed by atoms with van der Waals surface area (Å²) in [5, 5.41) is 0. The lowest BCUT2D eigenvalue weighted by Crippen LogP contribution is -2.35. The first-order valence-corrected chi connectivity index (χ1v) is 12.2. The molecule has 5 rings (SSSR count). The summed E-state index contributed by atoms with van der Waals surface area (Å²) >= 11 is 1.90. The Balaban J connectivity index is 1.54. The van der Waals surface area contributed by atoms with Gasteiger partial charge in [0, 0.05) is 48.9 Å². The van der Waals surface area contributed by atoms with Crippen LogP contribution in [0.5, 0.6) is 0 Å². The van der Waals surface area contributed by atoms with Gasteiger partial charge in [-0.2, -0.15) is 11.8 Å². The highest BCUT2D eigenvalue weighted by Crippen LogP contribution is 2.33. The van der Waals surface area contributed by atoms with Gasteiger partial charge in [-0.05, 0) is 30.5 Å². The van der Waals surface area contributed by atoms with Gasteiger partial charge in [0.25, 0.3) is 5.91 Å². The summed E-state index contributed by atoms with van der Waals surface area (Å²) in [5.74, 6) is 2.04. The molecule has 1 aromatic heterocycles. The standard InChI is InChI=1S/C25H25FN4OS/c26-22-9-5-4-8-20(22)23-21(16-27-25(28-23)29-12-14-32-15-13-29)24(31)30(19-10-11-19)17-18-6-2-1-3-7-18/h1-9,16,19H,10-15,17H2. The Morgan fingerprint density at radius 2 is 1.78 bits per heavy atom. The number of amides is 1. The molecule has 2 aromatic carbocycles. The van der Waals surface area contributed by atoms with Gasteiger partial charge in [0.15, 0.2) is 0 Å². The number of carbonyl (C=O) groups excluding carboxylic acids is 1. The van der Waals surface area contributed by atoms with Crippen molar-refractivity contribution in [3.63, 3.8) is 0 Å². The predicted molar refractivity (Wildman–Crippen MR) is 126 cm³/mol. The van der Waals surface area contributed by atoms with Gasteiger partial charge in [0.1, 0.15) is 5.82 Å². The number of thioether (sulfide) groups is 1. The molecule has 5 nitrogen and oxygen atoms in total. The van der Waals surface area contributed by atoms with Crippen LogP contribution in [0.4, 0.5) is 10.3 Å². The normalized spacial score (nSPS) is 16.1. The summed E-state index contributed by atoms with van der Waals surface area (Å²) in [6.45, 7) is 2.21. The van der Waals surface area contributed by atoms with Crippen molar-refractivity contribution in [3.8, 4) is 11.3 Å². The van der Waals surface area contributed by atoms with E-state index in [1.807, 2.05) is 47.0 Å². The monoisotopic (exact) mass is 448 g/mol. The third kappa shape index (κ3) is 4.48. The van der Waals surface area contributed by atoms with Crippen molar-refractivity contribution < 1.29 is 9.18 Å². The smallest absolute Gasteiger partial charge is 0.258 e. The highest BCUT2D eigenvalue weighted by molar-refractivity contribution is 7.99. The fourth-order valence-corrected chi connectivity index (χ4v) is 4.89. The zero-order valence-electron chi connectivity index (χ0n) is 17.8. The van der Waals surface area contributed by atoms with E-state index in [9.17, 15) is 9.18 Å². The molecule has 3 aromatic rings. The van der Waals surface area contributed by atoms with Gasteiger partial charge in [0.05, 0.1) is 11.3 Å². The van der Waals surface area contributed by atoms with Crippen LogP contribution in [-0.4, -0.2) is 51.4 Å². The molecule has 0 unspecified atom stereocenters. The van der Waals surface area contributed by atoms with Crippen LogP contribution in [0, 0.1) is 5.82 Å². The number of anilines is 1. The fourth-order valence-electron chi connectivity index (χ4n) is 3.99. The van der Waals surface area contributed by atoms with E-state index in [1.54, 1.807) is 24.4 Å². The number of aromatic nitrogens is 2. The largest absolute Gasteiger partial charge is 0.339 e. The van der Waals surface area contributed by atoms with Crippen LogP contribution in [0.1, 0.15) is 28.8 Å². The highest BCUT2D eigenvalue weighted by Gasteiger charge is 2.35. The van der Waals surface area contributed by atoms with E-state index in [2.05, 4.69) is 9.88 Å². The second kappa shape index (κ2) is 9.28. The summed E-state index contributed by atoms with van der Waals surface area (Å²) in [5.41, 5.74) is 2.13. The van der Waals surface area contributed by atoms with Crippen molar-refractivity contribution in [1.82, 2.24) is 14.9 Å². The van der Waals surface area contributed by atoms with Crippen molar-refractivity contribution >= 4 is 23.6 Å². The maximum Gasteiger partial charge on any atom is 0.258 e. The van der Waals surface area contributed by atoms with Crippen molar-refractivity contribution in [2.75, 3.05) is 29.5 Å². The minimum atomic E-state index is -0.388. The maximum absolute atomic E-state index is 14.8. The van der Waals surface area contributed by atoms with E-state index >= 15 is 0 Å². The zero-order chi connectivity index (χ0) is 21.9. The number of hydrogen-bond donors (Lipinski definition) is 0. The van der Waals surface area contributed by atoms with Crippen molar-refractivity contribution in [1.29, 1.82) is 0 Å². The first-order chi connectivity index (χ1) is 15.7. The summed E-state index contributed by atoms with van der Waals surface area (Å²) in [6, 6.07) is 16.7. The number of rotatable bonds is 6. The Bertz CT molecular complexity index is 1100. The lowest BCUT2D eigenvalue weighted by atomic mass is 10.0. The Hall–Kier alpha value is -2.93. The summed E-state index contributed by atoms with van der Waals surface area (Å²) in [6.07, 6.45) is 3.56. The van der Waals surface area contributed by atoms with Gasteiger partial charge in [-0.3, -0.25) is 4.79 Å². The first-order valence-electron chi connectivity index (χ1n) is 11.0.